The molecule has 0 fully saturated rings. The summed E-state index contributed by atoms with van der Waals surface area (Å²) in [5.41, 5.74) is 0.309. The molecule has 0 aliphatic rings. The minimum Gasteiger partial charge on any atom is -0.366 e. The van der Waals surface area contributed by atoms with Crippen LogP contribution in [0.1, 0.15) is 5.69 Å². The van der Waals surface area contributed by atoms with Crippen molar-refractivity contribution in [2.75, 3.05) is 12.4 Å². The molecule has 18 heavy (non-hydrogen) atoms. The van der Waals surface area contributed by atoms with Gasteiger partial charge in [0.1, 0.15) is 5.69 Å². The molecule has 7 heteroatoms. The highest BCUT2D eigenvalue weighted by atomic mass is 32.1. The van der Waals surface area contributed by atoms with Crippen LogP contribution in [-0.4, -0.2) is 17.1 Å². The van der Waals surface area contributed by atoms with E-state index >= 15 is 0 Å². The van der Waals surface area contributed by atoms with Crippen LogP contribution in [0, 0.1) is 0 Å². The molecule has 1 aromatic heterocycles. The molecule has 0 radical (unpaired) electrons. The molecule has 0 atom stereocenters. The van der Waals surface area contributed by atoms with Gasteiger partial charge in [-0.05, 0) is 36.5 Å². The van der Waals surface area contributed by atoms with Crippen molar-refractivity contribution in [1.29, 1.82) is 0 Å². The molecular weight excluding hydrogens is 263 g/mol. The Morgan fingerprint density at radius 2 is 2.00 bits per heavy atom. The number of H-pyrrole nitrogens is 1. The molecule has 2 aromatic rings. The van der Waals surface area contributed by atoms with Gasteiger partial charge in [-0.3, -0.25) is 0 Å². The van der Waals surface area contributed by atoms with Crippen LogP contribution in [0.4, 0.5) is 18.9 Å². The summed E-state index contributed by atoms with van der Waals surface area (Å²) in [5.74, 6) is 0. The van der Waals surface area contributed by atoms with Gasteiger partial charge in [0.2, 0.25) is 0 Å². The maximum absolute atomic E-state index is 12.5. The minimum absolute atomic E-state index is 0.404. The Morgan fingerprint density at radius 1 is 1.28 bits per heavy atom. The fourth-order valence-electron chi connectivity index (χ4n) is 1.56. The number of nitrogens with one attached hydrogen (secondary N) is 3. The van der Waals surface area contributed by atoms with Crippen LogP contribution in [0.3, 0.4) is 0 Å². The molecule has 1 heterocycles. The third-order valence-corrected chi connectivity index (χ3v) is 2.72. The van der Waals surface area contributed by atoms with Crippen molar-refractivity contribution in [2.45, 2.75) is 6.18 Å². The van der Waals surface area contributed by atoms with Crippen molar-refractivity contribution in [3.63, 3.8) is 0 Å². The molecular formula is C11H10F3N3S. The number of hydrogen-bond acceptors (Lipinski definition) is 1. The number of benzene rings is 1. The van der Waals surface area contributed by atoms with Crippen LogP contribution >= 0.6 is 12.2 Å². The summed E-state index contributed by atoms with van der Waals surface area (Å²) in [5, 5.41) is 6.46. The first-order chi connectivity index (χ1) is 8.40. The van der Waals surface area contributed by atoms with Crippen LogP contribution in [0.2, 0.25) is 0 Å². The molecule has 1 aromatic carbocycles. The average molecular weight is 273 g/mol. The van der Waals surface area contributed by atoms with Crippen molar-refractivity contribution < 1.29 is 13.2 Å². The number of rotatable bonds is 1. The maximum Gasteiger partial charge on any atom is 0.431 e. The first-order valence-corrected chi connectivity index (χ1v) is 5.49. The predicted molar refractivity (Wildman–Crippen MR) is 68.6 cm³/mol. The number of hydrogen-bond donors (Lipinski definition) is 3. The van der Waals surface area contributed by atoms with E-state index in [4.69, 9.17) is 12.2 Å². The quantitative estimate of drug-likeness (QED) is 0.699. The molecule has 0 aliphatic heterocycles. The van der Waals surface area contributed by atoms with Crippen molar-refractivity contribution in [1.82, 2.24) is 10.3 Å². The maximum atomic E-state index is 12.5. The number of fused-ring (bicyclic) bond motifs is 1. The summed E-state index contributed by atoms with van der Waals surface area (Å²) in [6.45, 7) is 0. The molecule has 0 bridgehead atoms. The summed E-state index contributed by atoms with van der Waals surface area (Å²) in [6.07, 6.45) is -4.37. The van der Waals surface area contributed by atoms with E-state index in [1.54, 1.807) is 25.2 Å². The van der Waals surface area contributed by atoms with Gasteiger partial charge in [0, 0.05) is 23.6 Å². The predicted octanol–water partition coefficient (Wildman–Crippen LogP) is 3.10. The minimum atomic E-state index is -4.37. The van der Waals surface area contributed by atoms with Crippen LogP contribution < -0.4 is 10.6 Å². The Balaban J connectivity index is 2.37. The zero-order valence-electron chi connectivity index (χ0n) is 9.35. The summed E-state index contributed by atoms with van der Waals surface area (Å²) >= 11 is 4.91. The average Bonchev–Trinajstić information content (AvgIpc) is 2.71. The monoisotopic (exact) mass is 273 g/mol. The summed E-state index contributed by atoms with van der Waals surface area (Å²) < 4.78 is 37.5. The van der Waals surface area contributed by atoms with Gasteiger partial charge < -0.3 is 15.6 Å². The SMILES string of the molecule is CNC(=S)Nc1ccc2[nH]c(C(F)(F)F)cc2c1. The Labute approximate surface area is 106 Å². The number of aromatic amines is 1. The molecule has 0 aliphatic carbocycles. The van der Waals surface area contributed by atoms with E-state index in [9.17, 15) is 13.2 Å². The van der Waals surface area contributed by atoms with E-state index in [2.05, 4.69) is 15.6 Å². The number of alkyl halides is 3. The second-order valence-corrected chi connectivity index (χ2v) is 4.10. The molecule has 0 spiro atoms. The Hall–Kier alpha value is -1.76. The molecule has 96 valence electrons. The van der Waals surface area contributed by atoms with Gasteiger partial charge in [0.25, 0.3) is 0 Å². The highest BCUT2D eigenvalue weighted by Crippen LogP contribution is 2.31. The lowest BCUT2D eigenvalue weighted by Crippen LogP contribution is -2.23. The fourth-order valence-corrected chi connectivity index (χ4v) is 1.67. The molecule has 0 amide bonds. The van der Waals surface area contributed by atoms with Crippen molar-refractivity contribution in [3.05, 3.63) is 30.0 Å². The number of thiocarbonyl (C=S) groups is 1. The van der Waals surface area contributed by atoms with E-state index in [1.807, 2.05) is 0 Å². The van der Waals surface area contributed by atoms with Crippen LogP contribution in [0.25, 0.3) is 10.9 Å². The third-order valence-electron chi connectivity index (χ3n) is 2.41. The van der Waals surface area contributed by atoms with Crippen molar-refractivity contribution in [2.24, 2.45) is 0 Å². The lowest BCUT2D eigenvalue weighted by atomic mass is 10.2. The second kappa shape index (κ2) is 4.49. The van der Waals surface area contributed by atoms with Gasteiger partial charge in [-0.1, -0.05) is 0 Å². The number of halogens is 3. The van der Waals surface area contributed by atoms with Gasteiger partial charge in [0.05, 0.1) is 0 Å². The van der Waals surface area contributed by atoms with Gasteiger partial charge >= 0.3 is 6.18 Å². The van der Waals surface area contributed by atoms with Crippen molar-refractivity contribution in [3.8, 4) is 0 Å². The number of anilines is 1. The lowest BCUT2D eigenvalue weighted by molar-refractivity contribution is -0.140. The standard InChI is InChI=1S/C11H10F3N3S/c1-15-10(18)16-7-2-3-8-6(4-7)5-9(17-8)11(12,13)14/h2-5,17H,1H3,(H2,15,16,18). The smallest absolute Gasteiger partial charge is 0.366 e. The number of aromatic nitrogens is 1. The topological polar surface area (TPSA) is 39.8 Å². The highest BCUT2D eigenvalue weighted by molar-refractivity contribution is 7.80. The van der Waals surface area contributed by atoms with E-state index < -0.39 is 11.9 Å². The summed E-state index contributed by atoms with van der Waals surface area (Å²) in [7, 11) is 1.66. The normalized spacial score (nSPS) is 11.6. The largest absolute Gasteiger partial charge is 0.431 e. The van der Waals surface area contributed by atoms with E-state index in [-0.39, 0.29) is 0 Å². The zero-order chi connectivity index (χ0) is 13.3. The first-order valence-electron chi connectivity index (χ1n) is 5.09. The van der Waals surface area contributed by atoms with Crippen LogP contribution in [-0.2, 0) is 6.18 Å². The Bertz CT molecular complexity index is 589. The molecule has 0 saturated heterocycles. The van der Waals surface area contributed by atoms with Gasteiger partial charge in [0.15, 0.2) is 5.11 Å². The lowest BCUT2D eigenvalue weighted by Gasteiger charge is -2.06. The molecule has 2 rings (SSSR count). The van der Waals surface area contributed by atoms with E-state index in [0.717, 1.165) is 6.07 Å². The van der Waals surface area contributed by atoms with Crippen molar-refractivity contribution >= 4 is 33.9 Å². The van der Waals surface area contributed by atoms with Crippen LogP contribution in [0.5, 0.6) is 0 Å². The fraction of sp³-hybridized carbons (Fsp3) is 0.182. The summed E-state index contributed by atoms with van der Waals surface area (Å²) in [6, 6.07) is 5.90. The summed E-state index contributed by atoms with van der Waals surface area (Å²) in [4.78, 5) is 2.33. The Kier molecular flexibility index (Phi) is 3.16. The third kappa shape index (κ3) is 2.56. The molecule has 3 nitrogen and oxygen atoms in total. The first kappa shape index (κ1) is 12.7. The van der Waals surface area contributed by atoms with E-state index in [0.29, 0.717) is 21.7 Å². The van der Waals surface area contributed by atoms with Gasteiger partial charge in [-0.15, -0.1) is 0 Å². The van der Waals surface area contributed by atoms with E-state index in [1.165, 1.54) is 0 Å². The molecule has 3 N–H and O–H groups in total. The van der Waals surface area contributed by atoms with Crippen LogP contribution in [0.15, 0.2) is 24.3 Å². The Morgan fingerprint density at radius 3 is 2.61 bits per heavy atom. The zero-order valence-corrected chi connectivity index (χ0v) is 10.2. The second-order valence-electron chi connectivity index (χ2n) is 3.69. The highest BCUT2D eigenvalue weighted by Gasteiger charge is 2.32. The molecule has 0 saturated carbocycles. The van der Waals surface area contributed by atoms with Gasteiger partial charge in [-0.2, -0.15) is 13.2 Å². The van der Waals surface area contributed by atoms with Gasteiger partial charge in [-0.25, -0.2) is 0 Å². The molecule has 0 unspecified atom stereocenters.